The van der Waals surface area contributed by atoms with Crippen LogP contribution in [0.1, 0.15) is 11.1 Å². The van der Waals surface area contributed by atoms with Crippen LogP contribution in [-0.4, -0.2) is 17.5 Å². The van der Waals surface area contributed by atoms with E-state index in [-0.39, 0.29) is 11.3 Å². The molecule has 0 spiro atoms. The van der Waals surface area contributed by atoms with Crippen molar-refractivity contribution in [3.05, 3.63) is 108 Å². The largest absolute Gasteiger partial charge is 0.419 e. The molecule has 0 aliphatic carbocycles. The van der Waals surface area contributed by atoms with Crippen molar-refractivity contribution in [3.8, 4) is 0 Å². The van der Waals surface area contributed by atoms with Crippen LogP contribution in [0.3, 0.4) is 0 Å². The zero-order valence-corrected chi connectivity index (χ0v) is 14.3. The molecule has 0 N–H and O–H groups in total. The predicted molar refractivity (Wildman–Crippen MR) is 104 cm³/mol. The minimum atomic E-state index is -0.888. The quantitative estimate of drug-likeness (QED) is 0.398. The van der Waals surface area contributed by atoms with Gasteiger partial charge in [0, 0.05) is 11.1 Å². The number of carbonyl (C=O) groups is 2. The molecule has 4 rings (SSSR count). The standard InChI is InChI=1S/C23H15NO3/c25-21-19(22(27-23(21)26)17-12-6-2-7-13-17)20(16-10-4-1-5-11-16)24-18-14-8-3-9-15-18/h1-15H. The molecule has 0 bridgehead atoms. The smallest absolute Gasteiger partial charge is 0.385 e. The van der Waals surface area contributed by atoms with Gasteiger partial charge in [0.2, 0.25) is 0 Å². The first kappa shape index (κ1) is 16.7. The average molecular weight is 353 g/mol. The molecule has 0 fully saturated rings. The maximum atomic E-state index is 12.7. The molecule has 1 aliphatic heterocycles. The zero-order valence-electron chi connectivity index (χ0n) is 14.3. The highest BCUT2D eigenvalue weighted by Crippen LogP contribution is 2.31. The molecule has 130 valence electrons. The summed E-state index contributed by atoms with van der Waals surface area (Å²) in [6, 6.07) is 27.7. The summed E-state index contributed by atoms with van der Waals surface area (Å²) in [5, 5.41) is 0. The molecule has 0 saturated carbocycles. The number of Topliss-reactive ketones (excluding diaryl/α,β-unsaturated/α-hetero) is 1. The minimum Gasteiger partial charge on any atom is -0.419 e. The van der Waals surface area contributed by atoms with Gasteiger partial charge in [0.25, 0.3) is 5.78 Å². The second-order valence-corrected chi connectivity index (χ2v) is 5.95. The van der Waals surface area contributed by atoms with Gasteiger partial charge in [-0.15, -0.1) is 0 Å². The van der Waals surface area contributed by atoms with Crippen LogP contribution in [0.25, 0.3) is 5.76 Å². The number of benzene rings is 3. The van der Waals surface area contributed by atoms with Crippen LogP contribution in [0.5, 0.6) is 0 Å². The predicted octanol–water partition coefficient (Wildman–Crippen LogP) is 4.34. The Labute approximate surface area is 156 Å². The van der Waals surface area contributed by atoms with Crippen molar-refractivity contribution >= 4 is 28.9 Å². The van der Waals surface area contributed by atoms with Gasteiger partial charge < -0.3 is 4.74 Å². The number of aliphatic imine (C=N–C) groups is 1. The van der Waals surface area contributed by atoms with Gasteiger partial charge in [-0.2, -0.15) is 0 Å². The Balaban J connectivity index is 1.96. The number of cyclic esters (lactones) is 1. The van der Waals surface area contributed by atoms with Crippen molar-refractivity contribution in [2.75, 3.05) is 0 Å². The Hall–Kier alpha value is -3.79. The third-order valence-electron chi connectivity index (χ3n) is 4.15. The van der Waals surface area contributed by atoms with E-state index < -0.39 is 11.8 Å². The molecule has 1 heterocycles. The van der Waals surface area contributed by atoms with Gasteiger partial charge >= 0.3 is 5.97 Å². The summed E-state index contributed by atoms with van der Waals surface area (Å²) in [7, 11) is 0. The fourth-order valence-electron chi connectivity index (χ4n) is 2.90. The topological polar surface area (TPSA) is 55.7 Å². The zero-order chi connectivity index (χ0) is 18.6. The van der Waals surface area contributed by atoms with E-state index in [9.17, 15) is 9.59 Å². The Kier molecular flexibility index (Phi) is 4.45. The number of hydrogen-bond acceptors (Lipinski definition) is 4. The third kappa shape index (κ3) is 3.33. The van der Waals surface area contributed by atoms with Crippen molar-refractivity contribution < 1.29 is 14.3 Å². The van der Waals surface area contributed by atoms with Crippen molar-refractivity contribution in [2.24, 2.45) is 4.99 Å². The molecule has 0 aromatic heterocycles. The molecule has 27 heavy (non-hydrogen) atoms. The van der Waals surface area contributed by atoms with Gasteiger partial charge in [-0.1, -0.05) is 78.9 Å². The lowest BCUT2D eigenvalue weighted by atomic mass is 9.96. The number of nitrogens with zero attached hydrogens (tertiary/aromatic N) is 1. The van der Waals surface area contributed by atoms with E-state index in [1.807, 2.05) is 78.9 Å². The molecule has 0 unspecified atom stereocenters. The van der Waals surface area contributed by atoms with Gasteiger partial charge in [0.05, 0.1) is 17.0 Å². The second kappa shape index (κ2) is 7.22. The van der Waals surface area contributed by atoms with Crippen LogP contribution in [0.4, 0.5) is 5.69 Å². The molecular weight excluding hydrogens is 338 g/mol. The van der Waals surface area contributed by atoms with Gasteiger partial charge in [-0.05, 0) is 12.1 Å². The number of hydrogen-bond donors (Lipinski definition) is 0. The van der Waals surface area contributed by atoms with Crippen LogP contribution < -0.4 is 0 Å². The summed E-state index contributed by atoms with van der Waals surface area (Å²) in [6.07, 6.45) is 0. The first-order valence-corrected chi connectivity index (χ1v) is 8.50. The third-order valence-corrected chi connectivity index (χ3v) is 4.15. The van der Waals surface area contributed by atoms with Crippen LogP contribution in [0.2, 0.25) is 0 Å². The Morgan fingerprint density at radius 2 is 1.26 bits per heavy atom. The first-order chi connectivity index (χ1) is 13.2. The van der Waals surface area contributed by atoms with E-state index in [1.165, 1.54) is 0 Å². The SMILES string of the molecule is O=C1OC(c2ccccc2)=C(C(=Nc2ccccc2)c2ccccc2)C1=O. The normalized spacial score (nSPS) is 14.4. The summed E-state index contributed by atoms with van der Waals surface area (Å²) in [5.41, 5.74) is 2.67. The van der Waals surface area contributed by atoms with E-state index in [0.717, 1.165) is 5.56 Å². The monoisotopic (exact) mass is 353 g/mol. The van der Waals surface area contributed by atoms with E-state index in [0.29, 0.717) is 17.0 Å². The number of ketones is 1. The Morgan fingerprint density at radius 1 is 0.704 bits per heavy atom. The van der Waals surface area contributed by atoms with E-state index >= 15 is 0 Å². The lowest BCUT2D eigenvalue weighted by Crippen LogP contribution is -2.17. The molecule has 1 aliphatic rings. The maximum Gasteiger partial charge on any atom is 0.385 e. The van der Waals surface area contributed by atoms with Gasteiger partial charge in [-0.25, -0.2) is 9.79 Å². The minimum absolute atomic E-state index is 0.182. The van der Waals surface area contributed by atoms with Gasteiger partial charge in [0.15, 0.2) is 5.76 Å². The highest BCUT2D eigenvalue weighted by atomic mass is 16.5. The highest BCUT2D eigenvalue weighted by Gasteiger charge is 2.38. The fourth-order valence-corrected chi connectivity index (χ4v) is 2.90. The summed E-state index contributed by atoms with van der Waals surface area (Å²) in [6.45, 7) is 0. The summed E-state index contributed by atoms with van der Waals surface area (Å²) in [4.78, 5) is 29.4. The fraction of sp³-hybridized carbons (Fsp3) is 0. The van der Waals surface area contributed by atoms with E-state index in [4.69, 9.17) is 4.74 Å². The average Bonchev–Trinajstić information content (AvgIpc) is 3.03. The van der Waals surface area contributed by atoms with Crippen molar-refractivity contribution in [3.63, 3.8) is 0 Å². The second-order valence-electron chi connectivity index (χ2n) is 5.95. The van der Waals surface area contributed by atoms with E-state index in [1.54, 1.807) is 12.1 Å². The van der Waals surface area contributed by atoms with Crippen molar-refractivity contribution in [2.45, 2.75) is 0 Å². The number of rotatable bonds is 4. The van der Waals surface area contributed by atoms with Gasteiger partial charge in [-0.3, -0.25) is 4.79 Å². The summed E-state index contributed by atoms with van der Waals surface area (Å²) < 4.78 is 5.32. The molecule has 0 atom stereocenters. The molecular formula is C23H15NO3. The molecule has 3 aromatic rings. The molecule has 0 radical (unpaired) electrons. The van der Waals surface area contributed by atoms with Crippen LogP contribution in [-0.2, 0) is 14.3 Å². The summed E-state index contributed by atoms with van der Waals surface area (Å²) >= 11 is 0. The van der Waals surface area contributed by atoms with Crippen LogP contribution in [0.15, 0.2) is 102 Å². The van der Waals surface area contributed by atoms with Crippen LogP contribution >= 0.6 is 0 Å². The number of carbonyl (C=O) groups excluding carboxylic acids is 2. The molecule has 3 aromatic carbocycles. The molecule has 4 heteroatoms. The molecule has 4 nitrogen and oxygen atoms in total. The molecule has 0 amide bonds. The first-order valence-electron chi connectivity index (χ1n) is 8.50. The van der Waals surface area contributed by atoms with Crippen LogP contribution in [0, 0.1) is 0 Å². The Bertz CT molecular complexity index is 1050. The number of esters is 1. The van der Waals surface area contributed by atoms with Crippen molar-refractivity contribution in [1.82, 2.24) is 0 Å². The highest BCUT2D eigenvalue weighted by molar-refractivity contribution is 6.54. The maximum absolute atomic E-state index is 12.7. The number of para-hydroxylation sites is 1. The van der Waals surface area contributed by atoms with Gasteiger partial charge in [0.1, 0.15) is 0 Å². The van der Waals surface area contributed by atoms with Crippen molar-refractivity contribution in [1.29, 1.82) is 0 Å². The summed E-state index contributed by atoms with van der Waals surface area (Å²) in [5.74, 6) is -1.34. The lowest BCUT2D eigenvalue weighted by molar-refractivity contribution is -0.144. The Morgan fingerprint density at radius 3 is 1.89 bits per heavy atom. The molecule has 0 saturated heterocycles. The number of ether oxygens (including phenoxy) is 1. The van der Waals surface area contributed by atoms with E-state index in [2.05, 4.69) is 4.99 Å². The lowest BCUT2D eigenvalue weighted by Gasteiger charge is -2.09.